The average Bonchev–Trinajstić information content (AvgIpc) is 2.55. The van der Waals surface area contributed by atoms with E-state index in [9.17, 15) is 0 Å². The molecule has 0 atom stereocenters. The topological polar surface area (TPSA) is 17.8 Å². The number of aryl methyl sites for hydroxylation is 1. The van der Waals surface area contributed by atoms with Crippen molar-refractivity contribution < 1.29 is 0 Å². The van der Waals surface area contributed by atoms with E-state index in [1.54, 1.807) is 11.3 Å². The first-order valence-electron chi connectivity index (χ1n) is 3.38. The van der Waals surface area contributed by atoms with Crippen molar-refractivity contribution in [2.45, 2.75) is 0 Å². The maximum Gasteiger partial charge on any atom is 0.0948 e. The van der Waals surface area contributed by atoms with Gasteiger partial charge in [0.05, 0.1) is 23.1 Å². The Morgan fingerprint density at radius 1 is 1.55 bits per heavy atom. The first-order valence-corrected chi connectivity index (χ1v) is 4.26. The standard InChI is InChI=1S/C8H8N2S/c1-10-6-9-5-7(10)8-3-2-4-11-8/h2-6H,1H3. The van der Waals surface area contributed by atoms with Crippen LogP contribution in [-0.2, 0) is 7.05 Å². The second-order valence-electron chi connectivity index (χ2n) is 2.37. The second-order valence-corrected chi connectivity index (χ2v) is 3.31. The highest BCUT2D eigenvalue weighted by atomic mass is 32.1. The first-order chi connectivity index (χ1) is 5.38. The Kier molecular flexibility index (Phi) is 1.51. The summed E-state index contributed by atoms with van der Waals surface area (Å²) >= 11 is 1.73. The van der Waals surface area contributed by atoms with Crippen molar-refractivity contribution in [2.24, 2.45) is 7.05 Å². The van der Waals surface area contributed by atoms with Crippen LogP contribution in [-0.4, -0.2) is 9.55 Å². The highest BCUT2D eigenvalue weighted by molar-refractivity contribution is 7.13. The van der Waals surface area contributed by atoms with Gasteiger partial charge in [0.15, 0.2) is 0 Å². The van der Waals surface area contributed by atoms with E-state index in [-0.39, 0.29) is 0 Å². The molecular weight excluding hydrogens is 156 g/mol. The fourth-order valence-corrected chi connectivity index (χ4v) is 1.80. The Bertz CT molecular complexity index is 335. The summed E-state index contributed by atoms with van der Waals surface area (Å²) in [5.41, 5.74) is 1.18. The van der Waals surface area contributed by atoms with Gasteiger partial charge in [-0.3, -0.25) is 0 Å². The summed E-state index contributed by atoms with van der Waals surface area (Å²) in [4.78, 5) is 5.32. The van der Waals surface area contributed by atoms with Gasteiger partial charge in [0.25, 0.3) is 0 Å². The Morgan fingerprint density at radius 2 is 2.45 bits per heavy atom. The van der Waals surface area contributed by atoms with Crippen LogP contribution < -0.4 is 0 Å². The van der Waals surface area contributed by atoms with Crippen molar-refractivity contribution in [3.63, 3.8) is 0 Å². The summed E-state index contributed by atoms with van der Waals surface area (Å²) in [6.45, 7) is 0. The van der Waals surface area contributed by atoms with Gasteiger partial charge in [-0.2, -0.15) is 0 Å². The summed E-state index contributed by atoms with van der Waals surface area (Å²) in [6.07, 6.45) is 3.70. The van der Waals surface area contributed by atoms with E-state index in [1.165, 1.54) is 10.6 Å². The highest BCUT2D eigenvalue weighted by Gasteiger charge is 2.00. The summed E-state index contributed by atoms with van der Waals surface area (Å²) in [5.74, 6) is 0. The van der Waals surface area contributed by atoms with Crippen molar-refractivity contribution in [2.75, 3.05) is 0 Å². The Morgan fingerprint density at radius 3 is 3.00 bits per heavy atom. The zero-order valence-corrected chi connectivity index (χ0v) is 7.01. The van der Waals surface area contributed by atoms with Gasteiger partial charge in [-0.15, -0.1) is 11.3 Å². The van der Waals surface area contributed by atoms with Crippen LogP contribution in [0.1, 0.15) is 0 Å². The average molecular weight is 164 g/mol. The summed E-state index contributed by atoms with van der Waals surface area (Å²) < 4.78 is 2.02. The normalized spacial score (nSPS) is 10.3. The lowest BCUT2D eigenvalue weighted by Gasteiger charge is -1.95. The lowest BCUT2D eigenvalue weighted by atomic mass is 10.4. The largest absolute Gasteiger partial charge is 0.333 e. The monoisotopic (exact) mass is 164 g/mol. The van der Waals surface area contributed by atoms with Gasteiger partial charge in [-0.25, -0.2) is 4.98 Å². The zero-order chi connectivity index (χ0) is 7.68. The fourth-order valence-electron chi connectivity index (χ4n) is 1.02. The number of thiophene rings is 1. The van der Waals surface area contributed by atoms with E-state index < -0.39 is 0 Å². The molecule has 0 aliphatic rings. The molecule has 0 saturated heterocycles. The quantitative estimate of drug-likeness (QED) is 0.631. The van der Waals surface area contributed by atoms with Crippen LogP contribution in [0.5, 0.6) is 0 Å². The van der Waals surface area contributed by atoms with Crippen LogP contribution in [0.2, 0.25) is 0 Å². The van der Waals surface area contributed by atoms with Crippen molar-refractivity contribution >= 4 is 11.3 Å². The predicted octanol–water partition coefficient (Wildman–Crippen LogP) is 2.15. The molecular formula is C8H8N2S. The molecule has 0 amide bonds. The first kappa shape index (κ1) is 6.61. The molecule has 0 aromatic carbocycles. The molecule has 3 heteroatoms. The van der Waals surface area contributed by atoms with Gasteiger partial charge in [-0.1, -0.05) is 6.07 Å². The molecule has 2 aromatic heterocycles. The Hall–Kier alpha value is -1.09. The molecule has 2 aromatic rings. The Labute approximate surface area is 69.1 Å². The smallest absolute Gasteiger partial charge is 0.0948 e. The van der Waals surface area contributed by atoms with E-state index in [2.05, 4.69) is 16.4 Å². The lowest BCUT2D eigenvalue weighted by Crippen LogP contribution is -1.85. The maximum atomic E-state index is 4.05. The van der Waals surface area contributed by atoms with Gasteiger partial charge < -0.3 is 4.57 Å². The van der Waals surface area contributed by atoms with Crippen molar-refractivity contribution in [1.29, 1.82) is 0 Å². The third-order valence-electron chi connectivity index (χ3n) is 1.59. The molecule has 0 radical (unpaired) electrons. The van der Waals surface area contributed by atoms with Gasteiger partial charge in [0, 0.05) is 7.05 Å². The molecule has 0 aliphatic carbocycles. The molecule has 11 heavy (non-hydrogen) atoms. The van der Waals surface area contributed by atoms with Crippen LogP contribution in [0.25, 0.3) is 10.6 Å². The third-order valence-corrected chi connectivity index (χ3v) is 2.48. The molecule has 0 saturated carbocycles. The van der Waals surface area contributed by atoms with Crippen molar-refractivity contribution in [1.82, 2.24) is 9.55 Å². The number of nitrogens with zero attached hydrogens (tertiary/aromatic N) is 2. The number of aromatic nitrogens is 2. The summed E-state index contributed by atoms with van der Waals surface area (Å²) in [6, 6.07) is 4.15. The van der Waals surface area contributed by atoms with Gasteiger partial charge in [0.1, 0.15) is 0 Å². The Balaban J connectivity index is 2.53. The molecule has 0 fully saturated rings. The second kappa shape index (κ2) is 2.51. The molecule has 2 nitrogen and oxygen atoms in total. The minimum atomic E-state index is 1.18. The minimum absolute atomic E-state index is 1.18. The summed E-state index contributed by atoms with van der Waals surface area (Å²) in [7, 11) is 2.00. The SMILES string of the molecule is Cn1cncc1-c1cccs1. The number of hydrogen-bond acceptors (Lipinski definition) is 2. The minimum Gasteiger partial charge on any atom is -0.333 e. The van der Waals surface area contributed by atoms with Gasteiger partial charge in [0.2, 0.25) is 0 Å². The van der Waals surface area contributed by atoms with E-state index >= 15 is 0 Å². The fraction of sp³-hybridized carbons (Fsp3) is 0.125. The predicted molar refractivity (Wildman–Crippen MR) is 46.5 cm³/mol. The van der Waals surface area contributed by atoms with Crippen molar-refractivity contribution in [3.8, 4) is 10.6 Å². The third kappa shape index (κ3) is 1.07. The number of hydrogen-bond donors (Lipinski definition) is 0. The van der Waals surface area contributed by atoms with Crippen LogP contribution in [0.15, 0.2) is 30.0 Å². The molecule has 56 valence electrons. The maximum absolute atomic E-state index is 4.05. The number of imidazole rings is 1. The van der Waals surface area contributed by atoms with E-state index in [0.29, 0.717) is 0 Å². The zero-order valence-electron chi connectivity index (χ0n) is 6.19. The lowest BCUT2D eigenvalue weighted by molar-refractivity contribution is 0.923. The molecule has 0 aliphatic heterocycles. The molecule has 0 spiro atoms. The van der Waals surface area contributed by atoms with Gasteiger partial charge in [-0.05, 0) is 11.4 Å². The van der Waals surface area contributed by atoms with Crippen LogP contribution in [0, 0.1) is 0 Å². The number of rotatable bonds is 1. The van der Waals surface area contributed by atoms with Crippen LogP contribution >= 0.6 is 11.3 Å². The van der Waals surface area contributed by atoms with Crippen LogP contribution in [0.4, 0.5) is 0 Å². The van der Waals surface area contributed by atoms with E-state index in [4.69, 9.17) is 0 Å². The van der Waals surface area contributed by atoms with E-state index in [1.807, 2.05) is 30.2 Å². The summed E-state index contributed by atoms with van der Waals surface area (Å²) in [5, 5.41) is 2.07. The van der Waals surface area contributed by atoms with E-state index in [0.717, 1.165) is 0 Å². The highest BCUT2D eigenvalue weighted by Crippen LogP contribution is 2.22. The van der Waals surface area contributed by atoms with Crippen LogP contribution in [0.3, 0.4) is 0 Å². The van der Waals surface area contributed by atoms with Gasteiger partial charge >= 0.3 is 0 Å². The molecule has 2 heterocycles. The molecule has 2 rings (SSSR count). The van der Waals surface area contributed by atoms with Crippen molar-refractivity contribution in [3.05, 3.63) is 30.0 Å². The molecule has 0 unspecified atom stereocenters. The molecule has 0 N–H and O–H groups in total. The molecule has 0 bridgehead atoms.